The maximum absolute atomic E-state index is 15.0. The molecule has 0 aliphatic carbocycles. The Hall–Kier alpha value is -4.60. The number of imidazole rings is 1. The first-order valence-electron chi connectivity index (χ1n) is 11.1. The highest BCUT2D eigenvalue weighted by atomic mass is 19.1. The van der Waals surface area contributed by atoms with Crippen LogP contribution < -0.4 is 10.1 Å². The second-order valence-corrected chi connectivity index (χ2v) is 8.29. The molecule has 182 valence electrons. The fourth-order valence-corrected chi connectivity index (χ4v) is 4.16. The zero-order chi connectivity index (χ0) is 25.4. The van der Waals surface area contributed by atoms with Crippen LogP contribution in [0, 0.1) is 25.5 Å². The molecule has 0 atom stereocenters. The Balaban J connectivity index is 1.41. The Morgan fingerprint density at radius 3 is 2.67 bits per heavy atom. The van der Waals surface area contributed by atoms with E-state index in [1.807, 2.05) is 13.8 Å². The molecule has 0 unspecified atom stereocenters. The highest BCUT2D eigenvalue weighted by Crippen LogP contribution is 2.31. The summed E-state index contributed by atoms with van der Waals surface area (Å²) >= 11 is 0. The molecule has 0 fully saturated rings. The van der Waals surface area contributed by atoms with Gasteiger partial charge in [0.15, 0.2) is 5.65 Å². The maximum Gasteiger partial charge on any atom is 0.255 e. The molecule has 0 spiro atoms. The molecule has 0 radical (unpaired) electrons. The second-order valence-electron chi connectivity index (χ2n) is 8.29. The Labute approximate surface area is 204 Å². The highest BCUT2D eigenvalue weighted by Gasteiger charge is 2.18. The van der Waals surface area contributed by atoms with E-state index >= 15 is 4.39 Å². The van der Waals surface area contributed by atoms with Gasteiger partial charge < -0.3 is 15.0 Å². The normalized spacial score (nSPS) is 11.1. The number of nitrogens with zero attached hydrogens (tertiary/aromatic N) is 3. The van der Waals surface area contributed by atoms with Gasteiger partial charge in [-0.2, -0.15) is 5.10 Å². The zero-order valence-corrected chi connectivity index (χ0v) is 19.7. The van der Waals surface area contributed by atoms with Gasteiger partial charge in [0.1, 0.15) is 23.2 Å². The molecule has 10 heteroatoms. The topological polar surface area (TPSA) is 109 Å². The molecule has 2 aromatic carbocycles. The minimum absolute atomic E-state index is 0.0341. The summed E-state index contributed by atoms with van der Waals surface area (Å²) in [7, 11) is 1.39. The SMILES string of the molecule is COc1ccc(F)cc1C(=O)NCc1ccc(-c2ccnc3nc(-c4c(C)n[nH]c4C)[nH]c23)cc1F. The Kier molecular flexibility index (Phi) is 5.93. The Bertz CT molecular complexity index is 1590. The summed E-state index contributed by atoms with van der Waals surface area (Å²) in [5, 5.41) is 9.78. The molecule has 3 N–H and O–H groups in total. The summed E-state index contributed by atoms with van der Waals surface area (Å²) < 4.78 is 33.8. The number of hydrogen-bond donors (Lipinski definition) is 3. The number of carbonyl (C=O) groups excluding carboxylic acids is 1. The number of benzene rings is 2. The quantitative estimate of drug-likeness (QED) is 0.317. The summed E-state index contributed by atoms with van der Waals surface area (Å²) in [5.41, 5.74) is 5.40. The molecule has 3 aromatic heterocycles. The van der Waals surface area contributed by atoms with Crippen molar-refractivity contribution in [3.05, 3.63) is 82.8 Å². The van der Waals surface area contributed by atoms with E-state index in [0.717, 1.165) is 28.6 Å². The molecule has 36 heavy (non-hydrogen) atoms. The molecule has 0 aliphatic rings. The Morgan fingerprint density at radius 1 is 1.11 bits per heavy atom. The van der Waals surface area contributed by atoms with Crippen molar-refractivity contribution in [3.63, 3.8) is 0 Å². The van der Waals surface area contributed by atoms with Crippen molar-refractivity contribution >= 4 is 17.1 Å². The number of rotatable bonds is 6. The van der Waals surface area contributed by atoms with Gasteiger partial charge in [-0.15, -0.1) is 0 Å². The third-order valence-electron chi connectivity index (χ3n) is 5.97. The zero-order valence-electron chi connectivity index (χ0n) is 19.7. The largest absolute Gasteiger partial charge is 0.496 e. The molecule has 0 bridgehead atoms. The molecule has 5 rings (SSSR count). The van der Waals surface area contributed by atoms with Gasteiger partial charge in [-0.1, -0.05) is 12.1 Å². The molecule has 0 aliphatic heterocycles. The standard InChI is InChI=1S/C26H22F2N6O2/c1-13-22(14(2)34-33-13)24-31-23-18(8-9-29-25(23)32-24)15-4-5-16(20(28)10-15)12-30-26(35)19-11-17(27)6-7-21(19)36-3/h4-11H,12H2,1-3H3,(H,30,35)(H,33,34)(H,29,31,32). The number of fused-ring (bicyclic) bond motifs is 1. The predicted octanol–water partition coefficient (Wildman–Crippen LogP) is 4.85. The first kappa shape index (κ1) is 23.2. The summed E-state index contributed by atoms with van der Waals surface area (Å²) in [6.07, 6.45) is 1.62. The molecular formula is C26H22F2N6O2. The minimum Gasteiger partial charge on any atom is -0.496 e. The van der Waals surface area contributed by atoms with Crippen molar-refractivity contribution in [1.82, 2.24) is 30.5 Å². The summed E-state index contributed by atoms with van der Waals surface area (Å²) in [6, 6.07) is 10.2. The van der Waals surface area contributed by atoms with Crippen LogP contribution in [0.25, 0.3) is 33.7 Å². The number of halogens is 2. The molecular weight excluding hydrogens is 466 g/mol. The number of pyridine rings is 1. The number of methoxy groups -OCH3 is 1. The number of ether oxygens (including phenoxy) is 1. The monoisotopic (exact) mass is 488 g/mol. The van der Waals surface area contributed by atoms with Gasteiger partial charge in [-0.25, -0.2) is 18.7 Å². The number of amides is 1. The van der Waals surface area contributed by atoms with Crippen LogP contribution in [0.15, 0.2) is 48.7 Å². The smallest absolute Gasteiger partial charge is 0.255 e. The first-order chi connectivity index (χ1) is 17.4. The molecule has 3 heterocycles. The lowest BCUT2D eigenvalue weighted by Gasteiger charge is -2.11. The molecule has 0 saturated heterocycles. The van der Waals surface area contributed by atoms with Gasteiger partial charge in [0, 0.05) is 29.6 Å². The van der Waals surface area contributed by atoms with Crippen LogP contribution >= 0.6 is 0 Å². The van der Waals surface area contributed by atoms with Crippen molar-refractivity contribution in [2.24, 2.45) is 0 Å². The number of aryl methyl sites for hydroxylation is 2. The van der Waals surface area contributed by atoms with Crippen LogP contribution in [0.1, 0.15) is 27.3 Å². The van der Waals surface area contributed by atoms with E-state index in [1.165, 1.54) is 25.3 Å². The van der Waals surface area contributed by atoms with Crippen molar-refractivity contribution in [3.8, 4) is 28.3 Å². The number of aromatic nitrogens is 5. The minimum atomic E-state index is -0.569. The van der Waals surface area contributed by atoms with E-state index in [4.69, 9.17) is 4.74 Å². The van der Waals surface area contributed by atoms with Crippen LogP contribution in [0.5, 0.6) is 5.75 Å². The van der Waals surface area contributed by atoms with Crippen LogP contribution in [0.2, 0.25) is 0 Å². The van der Waals surface area contributed by atoms with Crippen LogP contribution in [0.3, 0.4) is 0 Å². The number of nitrogens with one attached hydrogen (secondary N) is 3. The lowest BCUT2D eigenvalue weighted by atomic mass is 10.0. The lowest BCUT2D eigenvalue weighted by molar-refractivity contribution is 0.0947. The van der Waals surface area contributed by atoms with E-state index in [2.05, 4.69) is 30.5 Å². The van der Waals surface area contributed by atoms with E-state index in [1.54, 1.807) is 24.4 Å². The third kappa shape index (κ3) is 4.17. The van der Waals surface area contributed by atoms with Crippen LogP contribution in [-0.2, 0) is 6.54 Å². The number of aromatic amines is 2. The summed E-state index contributed by atoms with van der Waals surface area (Å²) in [4.78, 5) is 24.8. The molecule has 5 aromatic rings. The van der Waals surface area contributed by atoms with Crippen molar-refractivity contribution in [2.75, 3.05) is 7.11 Å². The van der Waals surface area contributed by atoms with Gasteiger partial charge in [-0.05, 0) is 49.7 Å². The third-order valence-corrected chi connectivity index (χ3v) is 5.97. The Morgan fingerprint density at radius 2 is 1.94 bits per heavy atom. The maximum atomic E-state index is 15.0. The molecule has 1 amide bonds. The van der Waals surface area contributed by atoms with Crippen molar-refractivity contribution in [1.29, 1.82) is 0 Å². The van der Waals surface area contributed by atoms with Gasteiger partial charge in [0.25, 0.3) is 5.91 Å². The van der Waals surface area contributed by atoms with Crippen LogP contribution in [0.4, 0.5) is 8.78 Å². The molecule has 8 nitrogen and oxygen atoms in total. The average molecular weight is 488 g/mol. The van der Waals surface area contributed by atoms with Gasteiger partial charge in [0.05, 0.1) is 29.4 Å². The summed E-state index contributed by atoms with van der Waals surface area (Å²) in [6.45, 7) is 3.72. The van der Waals surface area contributed by atoms with Crippen LogP contribution in [-0.4, -0.2) is 38.2 Å². The number of hydrogen-bond acceptors (Lipinski definition) is 5. The number of carbonyl (C=O) groups is 1. The van der Waals surface area contributed by atoms with Crippen molar-refractivity contribution in [2.45, 2.75) is 20.4 Å². The fourth-order valence-electron chi connectivity index (χ4n) is 4.16. The summed E-state index contributed by atoms with van der Waals surface area (Å²) in [5.74, 6) is -0.779. The average Bonchev–Trinajstić information content (AvgIpc) is 3.44. The van der Waals surface area contributed by atoms with Gasteiger partial charge in [0.2, 0.25) is 0 Å². The van der Waals surface area contributed by atoms with E-state index in [9.17, 15) is 9.18 Å². The van der Waals surface area contributed by atoms with Crippen molar-refractivity contribution < 1.29 is 18.3 Å². The van der Waals surface area contributed by atoms with E-state index in [-0.39, 0.29) is 23.4 Å². The molecule has 0 saturated carbocycles. The van der Waals surface area contributed by atoms with Gasteiger partial charge >= 0.3 is 0 Å². The van der Waals surface area contributed by atoms with E-state index < -0.39 is 17.5 Å². The number of H-pyrrole nitrogens is 2. The van der Waals surface area contributed by atoms with Gasteiger partial charge in [-0.3, -0.25) is 9.89 Å². The first-order valence-corrected chi connectivity index (χ1v) is 11.1. The fraction of sp³-hybridized carbons (Fsp3) is 0.154. The second kappa shape index (κ2) is 9.21. The lowest BCUT2D eigenvalue weighted by Crippen LogP contribution is -2.24. The highest BCUT2D eigenvalue weighted by molar-refractivity contribution is 5.97. The van der Waals surface area contributed by atoms with E-state index in [0.29, 0.717) is 22.6 Å². The predicted molar refractivity (Wildman–Crippen MR) is 130 cm³/mol.